The molecule has 0 saturated carbocycles. The van der Waals surface area contributed by atoms with Crippen LogP contribution in [-0.2, 0) is 4.74 Å². The van der Waals surface area contributed by atoms with E-state index in [1.807, 2.05) is 0 Å². The first kappa shape index (κ1) is 15.9. The number of esters is 1. The van der Waals surface area contributed by atoms with Crippen LogP contribution in [0, 0.1) is 15.9 Å². The van der Waals surface area contributed by atoms with Crippen molar-refractivity contribution in [2.45, 2.75) is 0 Å². The van der Waals surface area contributed by atoms with Crippen molar-refractivity contribution < 1.29 is 18.8 Å². The van der Waals surface area contributed by atoms with Gasteiger partial charge in [-0.05, 0) is 46.3 Å². The smallest absolute Gasteiger partial charge is 0.337 e. The summed E-state index contributed by atoms with van der Waals surface area (Å²) in [5.41, 5.74) is 0.596. The topological polar surface area (TPSA) is 81.5 Å². The normalized spacial score (nSPS) is 10.1. The number of carbonyl (C=O) groups is 1. The van der Waals surface area contributed by atoms with Crippen LogP contribution in [-0.4, -0.2) is 18.0 Å². The molecule has 0 aliphatic carbocycles. The third-order valence-corrected chi connectivity index (χ3v) is 3.43. The molecule has 0 heterocycles. The fraction of sp³-hybridized carbons (Fsp3) is 0.0714. The van der Waals surface area contributed by atoms with Crippen LogP contribution >= 0.6 is 15.9 Å². The minimum atomic E-state index is -0.724. The Morgan fingerprint density at radius 3 is 2.50 bits per heavy atom. The number of ether oxygens (including phenoxy) is 1. The molecule has 6 nitrogen and oxygen atoms in total. The number of carbonyl (C=O) groups excluding carboxylic acids is 1. The van der Waals surface area contributed by atoms with E-state index < -0.39 is 22.4 Å². The van der Waals surface area contributed by atoms with Crippen LogP contribution in [0.25, 0.3) is 0 Å². The minimum Gasteiger partial charge on any atom is -0.465 e. The third-order valence-electron chi connectivity index (χ3n) is 2.82. The molecule has 0 amide bonds. The van der Waals surface area contributed by atoms with E-state index in [2.05, 4.69) is 26.0 Å². The van der Waals surface area contributed by atoms with E-state index >= 15 is 0 Å². The molecule has 1 N–H and O–H groups in total. The van der Waals surface area contributed by atoms with Crippen LogP contribution in [0.4, 0.5) is 21.5 Å². The number of rotatable bonds is 4. The molecule has 0 saturated heterocycles. The van der Waals surface area contributed by atoms with E-state index in [9.17, 15) is 19.3 Å². The lowest BCUT2D eigenvalue weighted by molar-refractivity contribution is -0.384. The first-order chi connectivity index (χ1) is 10.4. The Morgan fingerprint density at radius 1 is 1.32 bits per heavy atom. The molecule has 0 radical (unpaired) electrons. The molecule has 0 fully saturated rings. The van der Waals surface area contributed by atoms with E-state index in [0.29, 0.717) is 11.3 Å². The minimum absolute atomic E-state index is 0.104. The summed E-state index contributed by atoms with van der Waals surface area (Å²) in [5.74, 6) is -1.21. The molecule has 2 aromatic rings. The van der Waals surface area contributed by atoms with Crippen molar-refractivity contribution in [1.29, 1.82) is 0 Å². The highest BCUT2D eigenvalue weighted by molar-refractivity contribution is 9.10. The third kappa shape index (κ3) is 3.40. The zero-order valence-electron chi connectivity index (χ0n) is 11.3. The van der Waals surface area contributed by atoms with Gasteiger partial charge in [-0.15, -0.1) is 0 Å². The van der Waals surface area contributed by atoms with E-state index in [1.54, 1.807) is 12.1 Å². The summed E-state index contributed by atoms with van der Waals surface area (Å²) in [5, 5.41) is 13.8. The van der Waals surface area contributed by atoms with E-state index in [1.165, 1.54) is 25.3 Å². The Kier molecular flexibility index (Phi) is 4.71. The summed E-state index contributed by atoms with van der Waals surface area (Å²) in [4.78, 5) is 21.6. The van der Waals surface area contributed by atoms with Gasteiger partial charge in [0, 0.05) is 5.69 Å². The van der Waals surface area contributed by atoms with E-state index in [4.69, 9.17) is 0 Å². The highest BCUT2D eigenvalue weighted by atomic mass is 79.9. The molecule has 0 aliphatic rings. The van der Waals surface area contributed by atoms with Crippen molar-refractivity contribution in [2.75, 3.05) is 12.4 Å². The van der Waals surface area contributed by atoms with Gasteiger partial charge in [-0.3, -0.25) is 10.1 Å². The molecular weight excluding hydrogens is 359 g/mol. The van der Waals surface area contributed by atoms with Gasteiger partial charge in [0.25, 0.3) is 5.69 Å². The van der Waals surface area contributed by atoms with Gasteiger partial charge < -0.3 is 10.1 Å². The number of anilines is 2. The summed E-state index contributed by atoms with van der Waals surface area (Å²) >= 11 is 2.98. The lowest BCUT2D eigenvalue weighted by Crippen LogP contribution is -2.02. The largest absolute Gasteiger partial charge is 0.465 e. The second kappa shape index (κ2) is 6.52. The predicted molar refractivity (Wildman–Crippen MR) is 81.8 cm³/mol. The molecule has 2 rings (SSSR count). The Balaban J connectivity index is 2.32. The Labute approximate surface area is 133 Å². The molecule has 114 valence electrons. The molecular formula is C14H10BrFN2O4. The van der Waals surface area contributed by atoms with Gasteiger partial charge in [-0.2, -0.15) is 0 Å². The highest BCUT2D eigenvalue weighted by Crippen LogP contribution is 2.32. The van der Waals surface area contributed by atoms with Crippen LogP contribution in [0.15, 0.2) is 40.9 Å². The predicted octanol–water partition coefficient (Wildman–Crippen LogP) is 4.03. The maximum Gasteiger partial charge on any atom is 0.337 e. The first-order valence-electron chi connectivity index (χ1n) is 6.01. The van der Waals surface area contributed by atoms with E-state index in [-0.39, 0.29) is 10.2 Å². The second-order valence-corrected chi connectivity index (χ2v) is 5.09. The van der Waals surface area contributed by atoms with Crippen LogP contribution in [0.5, 0.6) is 0 Å². The summed E-state index contributed by atoms with van der Waals surface area (Å²) in [6.45, 7) is 0. The van der Waals surface area contributed by atoms with Crippen LogP contribution < -0.4 is 5.32 Å². The van der Waals surface area contributed by atoms with Gasteiger partial charge in [0.1, 0.15) is 11.5 Å². The SMILES string of the molecule is COC(=O)c1ccc(Nc2cc(Br)c(F)cc2[N+](=O)[O-])cc1. The van der Waals surface area contributed by atoms with Gasteiger partial charge >= 0.3 is 5.97 Å². The van der Waals surface area contributed by atoms with Crippen molar-refractivity contribution in [3.8, 4) is 0 Å². The van der Waals surface area contributed by atoms with Crippen molar-refractivity contribution in [1.82, 2.24) is 0 Å². The van der Waals surface area contributed by atoms with Crippen molar-refractivity contribution in [3.63, 3.8) is 0 Å². The number of nitro benzene ring substituents is 1. The van der Waals surface area contributed by atoms with Gasteiger partial charge in [-0.25, -0.2) is 9.18 Å². The molecule has 0 aliphatic heterocycles. The van der Waals surface area contributed by atoms with E-state index in [0.717, 1.165) is 6.07 Å². The molecule has 0 bridgehead atoms. The molecule has 8 heteroatoms. The monoisotopic (exact) mass is 368 g/mol. The lowest BCUT2D eigenvalue weighted by atomic mass is 10.2. The Hall–Kier alpha value is -2.48. The number of nitro groups is 1. The van der Waals surface area contributed by atoms with Crippen LogP contribution in [0.3, 0.4) is 0 Å². The fourth-order valence-electron chi connectivity index (χ4n) is 1.75. The fourth-order valence-corrected chi connectivity index (χ4v) is 2.09. The molecule has 0 spiro atoms. The lowest BCUT2D eigenvalue weighted by Gasteiger charge is -2.09. The molecule has 0 aromatic heterocycles. The number of hydrogen-bond acceptors (Lipinski definition) is 5. The summed E-state index contributed by atoms with van der Waals surface area (Å²) in [6, 6.07) is 8.26. The maximum atomic E-state index is 13.4. The number of nitrogens with zero attached hydrogens (tertiary/aromatic N) is 1. The van der Waals surface area contributed by atoms with Gasteiger partial charge in [0.05, 0.1) is 28.1 Å². The van der Waals surface area contributed by atoms with Crippen molar-refractivity contribution >= 4 is 39.0 Å². The Bertz CT molecular complexity index is 734. The average molecular weight is 369 g/mol. The number of halogens is 2. The number of hydrogen-bond donors (Lipinski definition) is 1. The van der Waals surface area contributed by atoms with Crippen LogP contribution in [0.2, 0.25) is 0 Å². The second-order valence-electron chi connectivity index (χ2n) is 4.23. The molecule has 0 atom stereocenters. The molecule has 22 heavy (non-hydrogen) atoms. The standard InChI is InChI=1S/C14H10BrFN2O4/c1-22-14(19)8-2-4-9(5-3-8)17-12-6-10(15)11(16)7-13(12)18(20)21/h2-7,17H,1H3. The van der Waals surface area contributed by atoms with Gasteiger partial charge in [0.15, 0.2) is 0 Å². The quantitative estimate of drug-likeness (QED) is 0.500. The number of methoxy groups -OCH3 is 1. The van der Waals surface area contributed by atoms with Crippen LogP contribution in [0.1, 0.15) is 10.4 Å². The summed E-state index contributed by atoms with van der Waals surface area (Å²) in [6.07, 6.45) is 0. The maximum absolute atomic E-state index is 13.4. The zero-order valence-corrected chi connectivity index (χ0v) is 12.9. The van der Waals surface area contributed by atoms with Gasteiger partial charge in [-0.1, -0.05) is 0 Å². The number of nitrogens with one attached hydrogen (secondary N) is 1. The summed E-state index contributed by atoms with van der Waals surface area (Å²) < 4.78 is 18.1. The van der Waals surface area contributed by atoms with Crippen molar-refractivity contribution in [2.24, 2.45) is 0 Å². The van der Waals surface area contributed by atoms with Gasteiger partial charge in [0.2, 0.25) is 0 Å². The molecule has 2 aromatic carbocycles. The molecule has 0 unspecified atom stereocenters. The summed E-state index contributed by atoms with van der Waals surface area (Å²) in [7, 11) is 1.27. The average Bonchev–Trinajstić information content (AvgIpc) is 2.50. The Morgan fingerprint density at radius 2 is 1.95 bits per heavy atom. The number of benzene rings is 2. The highest BCUT2D eigenvalue weighted by Gasteiger charge is 2.18. The van der Waals surface area contributed by atoms with Crippen molar-refractivity contribution in [3.05, 3.63) is 62.4 Å². The first-order valence-corrected chi connectivity index (χ1v) is 6.80. The zero-order chi connectivity index (χ0) is 16.3.